The van der Waals surface area contributed by atoms with Crippen molar-refractivity contribution in [3.8, 4) is 0 Å². The SMILES string of the molecule is CCS(=O)(=O)C[C@H]1CN(c2ccc(C(C)C)c3cc(Nc4ccnc(N5CCC(OCCO)=C(F)C5)n4)ncc23)[C@@H]1C. The predicted molar refractivity (Wildman–Crippen MR) is 164 cm³/mol. The molecule has 0 aliphatic carbocycles. The number of ether oxygens (including phenoxy) is 1. The standard InChI is InChI=1S/C30H39FN6O4S/c1-5-42(39,40)18-21-16-37(20(21)4)26-7-6-22(19(2)3)23-14-29(33-15-24(23)26)34-28-8-10-32-30(35-28)36-11-9-27(25(31)17-36)41-13-12-38/h6-8,10,14-15,19-21,38H,5,9,11-13,16-18H2,1-4H3,(H,32,33,34,35)/t20-,21-/m1/s1. The van der Waals surface area contributed by atoms with Crippen LogP contribution in [0.15, 0.2) is 48.2 Å². The third kappa shape index (κ3) is 6.29. The summed E-state index contributed by atoms with van der Waals surface area (Å²) in [6.45, 7) is 9.19. The Morgan fingerprint density at radius 3 is 2.69 bits per heavy atom. The van der Waals surface area contributed by atoms with Crippen molar-refractivity contribution in [2.75, 3.05) is 59.5 Å². The summed E-state index contributed by atoms with van der Waals surface area (Å²) in [5.74, 6) is 2.22. The number of hydrogen-bond acceptors (Lipinski definition) is 10. The fourth-order valence-electron chi connectivity index (χ4n) is 5.61. The maximum atomic E-state index is 14.6. The lowest BCUT2D eigenvalue weighted by molar-refractivity contribution is 0.131. The van der Waals surface area contributed by atoms with Crippen molar-refractivity contribution in [1.82, 2.24) is 15.0 Å². The molecule has 226 valence electrons. The Kier molecular flexibility index (Phi) is 8.84. The van der Waals surface area contributed by atoms with Crippen LogP contribution in [0.1, 0.15) is 45.6 Å². The molecule has 2 aliphatic rings. The van der Waals surface area contributed by atoms with Crippen LogP contribution in [0.4, 0.5) is 27.7 Å². The van der Waals surface area contributed by atoms with Gasteiger partial charge in [-0.05, 0) is 42.0 Å². The van der Waals surface area contributed by atoms with E-state index in [9.17, 15) is 12.8 Å². The van der Waals surface area contributed by atoms with Crippen molar-refractivity contribution >= 4 is 43.9 Å². The first-order valence-corrected chi connectivity index (χ1v) is 16.3. The number of halogens is 1. The van der Waals surface area contributed by atoms with Gasteiger partial charge in [-0.25, -0.2) is 22.8 Å². The molecule has 0 amide bonds. The molecule has 12 heteroatoms. The molecule has 4 heterocycles. The molecule has 1 aromatic carbocycles. The first-order chi connectivity index (χ1) is 20.1. The quantitative estimate of drug-likeness (QED) is 0.325. The number of aliphatic hydroxyl groups is 1. The van der Waals surface area contributed by atoms with Crippen molar-refractivity contribution in [2.24, 2.45) is 5.92 Å². The molecular weight excluding hydrogens is 559 g/mol. The fourth-order valence-corrected chi connectivity index (χ4v) is 6.88. The van der Waals surface area contributed by atoms with Crippen molar-refractivity contribution in [2.45, 2.75) is 46.1 Å². The minimum Gasteiger partial charge on any atom is -0.493 e. The van der Waals surface area contributed by atoms with Gasteiger partial charge in [-0.3, -0.25) is 0 Å². The molecule has 0 radical (unpaired) electrons. The zero-order valence-electron chi connectivity index (χ0n) is 24.5. The predicted octanol–water partition coefficient (Wildman–Crippen LogP) is 4.55. The van der Waals surface area contributed by atoms with Crippen LogP contribution in [0, 0.1) is 5.92 Å². The van der Waals surface area contributed by atoms with E-state index >= 15 is 0 Å². The molecule has 3 aromatic rings. The van der Waals surface area contributed by atoms with Gasteiger partial charge in [0.1, 0.15) is 33.8 Å². The van der Waals surface area contributed by atoms with E-state index < -0.39 is 9.84 Å². The lowest BCUT2D eigenvalue weighted by atomic mass is 9.88. The largest absolute Gasteiger partial charge is 0.493 e. The van der Waals surface area contributed by atoms with Crippen LogP contribution in [0.25, 0.3) is 10.8 Å². The zero-order valence-corrected chi connectivity index (χ0v) is 25.4. The van der Waals surface area contributed by atoms with Crippen molar-refractivity contribution < 1.29 is 22.7 Å². The second-order valence-electron chi connectivity index (χ2n) is 11.2. The minimum atomic E-state index is -3.03. The van der Waals surface area contributed by atoms with Crippen molar-refractivity contribution in [3.05, 3.63) is 53.8 Å². The normalized spacial score (nSPS) is 19.4. The summed E-state index contributed by atoms with van der Waals surface area (Å²) in [7, 11) is -3.03. The lowest BCUT2D eigenvalue weighted by Crippen LogP contribution is -2.57. The molecule has 1 saturated heterocycles. The number of pyridine rings is 1. The second-order valence-corrected chi connectivity index (χ2v) is 13.6. The lowest BCUT2D eigenvalue weighted by Gasteiger charge is -2.48. The average molecular weight is 599 g/mol. The van der Waals surface area contributed by atoms with Gasteiger partial charge in [-0.2, -0.15) is 4.98 Å². The molecule has 1 fully saturated rings. The molecular formula is C30H39FN6O4S. The van der Waals surface area contributed by atoms with Gasteiger partial charge in [0, 0.05) is 60.7 Å². The van der Waals surface area contributed by atoms with Crippen LogP contribution in [-0.4, -0.2) is 78.9 Å². The fraction of sp³-hybridized carbons (Fsp3) is 0.500. The van der Waals surface area contributed by atoms with E-state index in [1.165, 1.54) is 5.56 Å². The highest BCUT2D eigenvalue weighted by Crippen LogP contribution is 2.39. The highest BCUT2D eigenvalue weighted by molar-refractivity contribution is 7.91. The molecule has 2 aromatic heterocycles. The average Bonchev–Trinajstić information content (AvgIpc) is 2.98. The number of aliphatic hydroxyl groups excluding tert-OH is 1. The third-order valence-electron chi connectivity index (χ3n) is 8.15. The second kappa shape index (κ2) is 12.4. The van der Waals surface area contributed by atoms with Crippen molar-refractivity contribution in [3.63, 3.8) is 0 Å². The Morgan fingerprint density at radius 2 is 2.00 bits per heavy atom. The molecule has 10 nitrogen and oxygen atoms in total. The summed E-state index contributed by atoms with van der Waals surface area (Å²) in [6.07, 6.45) is 3.86. The van der Waals surface area contributed by atoms with Crippen LogP contribution in [0.2, 0.25) is 0 Å². The maximum absolute atomic E-state index is 14.6. The van der Waals surface area contributed by atoms with Gasteiger partial charge in [0.2, 0.25) is 5.95 Å². The number of sulfone groups is 1. The van der Waals surface area contributed by atoms with Crippen LogP contribution < -0.4 is 15.1 Å². The summed E-state index contributed by atoms with van der Waals surface area (Å²) in [6, 6.07) is 8.15. The molecule has 2 N–H and O–H groups in total. The van der Waals surface area contributed by atoms with Gasteiger partial charge >= 0.3 is 0 Å². The summed E-state index contributed by atoms with van der Waals surface area (Å²) in [4.78, 5) is 17.7. The van der Waals surface area contributed by atoms with Gasteiger partial charge in [0.15, 0.2) is 5.83 Å². The number of rotatable bonds is 11. The van der Waals surface area contributed by atoms with Crippen LogP contribution >= 0.6 is 0 Å². The van der Waals surface area contributed by atoms with Gasteiger partial charge < -0.3 is 25.0 Å². The van der Waals surface area contributed by atoms with Gasteiger partial charge in [0.25, 0.3) is 0 Å². The Labute approximate surface area is 246 Å². The van der Waals surface area contributed by atoms with Gasteiger partial charge in [-0.15, -0.1) is 0 Å². The number of benzene rings is 1. The molecule has 5 rings (SSSR count). The van der Waals surface area contributed by atoms with E-state index in [0.29, 0.717) is 37.1 Å². The number of nitrogens with one attached hydrogen (secondary N) is 1. The molecule has 0 unspecified atom stereocenters. The molecule has 2 atom stereocenters. The number of anilines is 4. The number of hydrogen-bond donors (Lipinski definition) is 2. The topological polar surface area (TPSA) is 121 Å². The highest BCUT2D eigenvalue weighted by atomic mass is 32.2. The zero-order chi connectivity index (χ0) is 30.0. The van der Waals surface area contributed by atoms with Crippen LogP contribution in [-0.2, 0) is 14.6 Å². The van der Waals surface area contributed by atoms with E-state index in [2.05, 4.69) is 53.1 Å². The highest BCUT2D eigenvalue weighted by Gasteiger charge is 2.38. The van der Waals surface area contributed by atoms with Gasteiger partial charge in [0.05, 0.1) is 18.9 Å². The molecule has 0 spiro atoms. The van der Waals surface area contributed by atoms with E-state index in [4.69, 9.17) is 14.8 Å². The Hall–Kier alpha value is -3.51. The molecule has 2 aliphatic heterocycles. The molecule has 0 saturated carbocycles. The first-order valence-electron chi connectivity index (χ1n) is 14.5. The Morgan fingerprint density at radius 1 is 1.19 bits per heavy atom. The van der Waals surface area contributed by atoms with Crippen LogP contribution in [0.5, 0.6) is 0 Å². The summed E-state index contributed by atoms with van der Waals surface area (Å²) < 4.78 is 44.3. The maximum Gasteiger partial charge on any atom is 0.227 e. The first kappa shape index (κ1) is 30.0. The Balaban J connectivity index is 1.37. The number of nitrogens with zero attached hydrogens (tertiary/aromatic N) is 5. The number of fused-ring (bicyclic) bond motifs is 1. The smallest absolute Gasteiger partial charge is 0.227 e. The van der Waals surface area contributed by atoms with Gasteiger partial charge in [-0.1, -0.05) is 26.8 Å². The van der Waals surface area contributed by atoms with Crippen molar-refractivity contribution in [1.29, 1.82) is 0 Å². The van der Waals surface area contributed by atoms with Crippen LogP contribution in [0.3, 0.4) is 0 Å². The number of aromatic nitrogens is 3. The Bertz CT molecular complexity index is 1580. The third-order valence-corrected chi connectivity index (χ3v) is 9.96. The summed E-state index contributed by atoms with van der Waals surface area (Å²) >= 11 is 0. The van der Waals surface area contributed by atoms with E-state index in [0.717, 1.165) is 16.5 Å². The summed E-state index contributed by atoms with van der Waals surface area (Å²) in [5, 5.41) is 14.3. The summed E-state index contributed by atoms with van der Waals surface area (Å²) in [5.41, 5.74) is 2.24. The van der Waals surface area contributed by atoms with E-state index in [-0.39, 0.29) is 60.7 Å². The van der Waals surface area contributed by atoms with E-state index in [1.807, 2.05) is 12.3 Å². The monoisotopic (exact) mass is 598 g/mol. The van der Waals surface area contributed by atoms with E-state index in [1.54, 1.807) is 24.1 Å². The minimum absolute atomic E-state index is 0.000874. The molecule has 0 bridgehead atoms. The molecule has 42 heavy (non-hydrogen) atoms.